The second-order valence-corrected chi connectivity index (χ2v) is 5.94. The summed E-state index contributed by atoms with van der Waals surface area (Å²) < 4.78 is 6.72. The number of nitrogens with zero attached hydrogens (tertiary/aromatic N) is 1. The summed E-state index contributed by atoms with van der Waals surface area (Å²) in [6.45, 7) is 4.02. The predicted octanol–water partition coefficient (Wildman–Crippen LogP) is 3.92. The van der Waals surface area contributed by atoms with E-state index in [4.69, 9.17) is 16.6 Å². The highest BCUT2D eigenvalue weighted by Gasteiger charge is 2.06. The maximum absolute atomic E-state index is 5.73. The number of hydrazone groups is 1. The van der Waals surface area contributed by atoms with Crippen LogP contribution in [0.4, 0.5) is 0 Å². The van der Waals surface area contributed by atoms with Crippen LogP contribution < -0.4 is 10.7 Å². The average molecular weight is 366 g/mol. The van der Waals surface area contributed by atoms with Crippen molar-refractivity contribution in [2.75, 3.05) is 0 Å². The zero-order chi connectivity index (χ0) is 15.2. The minimum absolute atomic E-state index is 0.269. The molecular weight excluding hydrogens is 350 g/mol. The molecule has 110 valence electrons. The third kappa shape index (κ3) is 4.68. The molecule has 1 aromatic heterocycles. The van der Waals surface area contributed by atoms with E-state index in [0.717, 1.165) is 15.8 Å². The molecule has 0 aliphatic rings. The van der Waals surface area contributed by atoms with Crippen LogP contribution in [0.1, 0.15) is 19.6 Å². The topological polar surface area (TPSA) is 49.6 Å². The van der Waals surface area contributed by atoms with E-state index in [9.17, 15) is 0 Å². The standard InChI is InChI=1S/C15H16BrN3OS/c1-10(2)18-15(21)19-17-9-11-7-8-14(20-11)12-5-3-4-6-13(12)16/h3-10H,1-2H3,(H2,18,19,21)/b17-9-. The molecule has 6 heteroatoms. The number of hydrogen-bond donors (Lipinski definition) is 2. The Labute approximate surface area is 137 Å². The molecule has 1 aromatic carbocycles. The monoisotopic (exact) mass is 365 g/mol. The second kappa shape index (κ2) is 7.38. The second-order valence-electron chi connectivity index (χ2n) is 4.68. The van der Waals surface area contributed by atoms with E-state index in [0.29, 0.717) is 10.9 Å². The maximum Gasteiger partial charge on any atom is 0.187 e. The van der Waals surface area contributed by atoms with E-state index in [1.54, 1.807) is 6.21 Å². The van der Waals surface area contributed by atoms with Crippen molar-refractivity contribution in [2.45, 2.75) is 19.9 Å². The van der Waals surface area contributed by atoms with Gasteiger partial charge in [-0.1, -0.05) is 34.1 Å². The third-order valence-electron chi connectivity index (χ3n) is 2.54. The lowest BCUT2D eigenvalue weighted by Crippen LogP contribution is -2.36. The Morgan fingerprint density at radius 2 is 2.05 bits per heavy atom. The van der Waals surface area contributed by atoms with Gasteiger partial charge in [0.15, 0.2) is 5.11 Å². The number of hydrogen-bond acceptors (Lipinski definition) is 3. The van der Waals surface area contributed by atoms with Gasteiger partial charge in [-0.15, -0.1) is 0 Å². The molecule has 0 amide bonds. The molecule has 0 bridgehead atoms. The molecule has 0 aliphatic heterocycles. The van der Waals surface area contributed by atoms with Crippen LogP contribution in [0.3, 0.4) is 0 Å². The van der Waals surface area contributed by atoms with Crippen molar-refractivity contribution in [1.82, 2.24) is 10.7 Å². The van der Waals surface area contributed by atoms with Gasteiger partial charge in [0, 0.05) is 16.1 Å². The average Bonchev–Trinajstić information content (AvgIpc) is 2.87. The van der Waals surface area contributed by atoms with E-state index in [1.807, 2.05) is 50.2 Å². The smallest absolute Gasteiger partial charge is 0.187 e. The highest BCUT2D eigenvalue weighted by atomic mass is 79.9. The molecule has 21 heavy (non-hydrogen) atoms. The van der Waals surface area contributed by atoms with Gasteiger partial charge in [0.05, 0.1) is 6.21 Å². The molecule has 0 fully saturated rings. The normalized spacial score (nSPS) is 11.0. The zero-order valence-electron chi connectivity index (χ0n) is 11.8. The Kier molecular flexibility index (Phi) is 5.52. The van der Waals surface area contributed by atoms with Crippen molar-refractivity contribution in [3.05, 3.63) is 46.6 Å². The van der Waals surface area contributed by atoms with E-state index in [2.05, 4.69) is 31.8 Å². The molecule has 2 N–H and O–H groups in total. The first-order valence-corrected chi connectivity index (χ1v) is 7.70. The minimum atomic E-state index is 0.269. The van der Waals surface area contributed by atoms with Gasteiger partial charge < -0.3 is 9.73 Å². The Morgan fingerprint density at radius 3 is 2.76 bits per heavy atom. The van der Waals surface area contributed by atoms with Crippen LogP contribution in [-0.4, -0.2) is 17.4 Å². The van der Waals surface area contributed by atoms with Gasteiger partial charge in [-0.05, 0) is 44.3 Å². The van der Waals surface area contributed by atoms with Gasteiger partial charge in [-0.3, -0.25) is 5.43 Å². The molecule has 0 radical (unpaired) electrons. The molecular formula is C15H16BrN3OS. The lowest BCUT2D eigenvalue weighted by atomic mass is 10.2. The van der Waals surface area contributed by atoms with E-state index >= 15 is 0 Å². The quantitative estimate of drug-likeness (QED) is 0.489. The summed E-state index contributed by atoms with van der Waals surface area (Å²) in [4.78, 5) is 0. The summed E-state index contributed by atoms with van der Waals surface area (Å²) in [5, 5.41) is 7.56. The lowest BCUT2D eigenvalue weighted by Gasteiger charge is -2.09. The number of nitrogens with one attached hydrogen (secondary N) is 2. The summed E-state index contributed by atoms with van der Waals surface area (Å²) in [5.41, 5.74) is 3.75. The first-order chi connectivity index (χ1) is 10.1. The van der Waals surface area contributed by atoms with Crippen LogP contribution in [0, 0.1) is 0 Å². The molecule has 1 heterocycles. The summed E-state index contributed by atoms with van der Waals surface area (Å²) in [5.74, 6) is 1.44. The van der Waals surface area contributed by atoms with Crippen molar-refractivity contribution in [1.29, 1.82) is 0 Å². The number of benzene rings is 1. The fourth-order valence-corrected chi connectivity index (χ4v) is 2.45. The van der Waals surface area contributed by atoms with Gasteiger partial charge in [-0.2, -0.15) is 5.10 Å². The van der Waals surface area contributed by atoms with Gasteiger partial charge in [-0.25, -0.2) is 0 Å². The van der Waals surface area contributed by atoms with Crippen LogP contribution in [0.25, 0.3) is 11.3 Å². The molecule has 2 aromatic rings. The number of rotatable bonds is 4. The van der Waals surface area contributed by atoms with Gasteiger partial charge in [0.25, 0.3) is 0 Å². The summed E-state index contributed by atoms with van der Waals surface area (Å²) in [6, 6.07) is 11.9. The Morgan fingerprint density at radius 1 is 1.29 bits per heavy atom. The lowest BCUT2D eigenvalue weighted by molar-refractivity contribution is 0.574. The number of thiocarbonyl (C=S) groups is 1. The molecule has 0 saturated heterocycles. The first-order valence-electron chi connectivity index (χ1n) is 6.50. The predicted molar refractivity (Wildman–Crippen MR) is 93.4 cm³/mol. The SMILES string of the molecule is CC(C)NC(=S)N/N=C\c1ccc(-c2ccccc2Br)o1. The molecule has 0 unspecified atom stereocenters. The molecule has 0 saturated carbocycles. The fraction of sp³-hybridized carbons (Fsp3) is 0.200. The van der Waals surface area contributed by atoms with Gasteiger partial charge >= 0.3 is 0 Å². The maximum atomic E-state index is 5.73. The molecule has 0 atom stereocenters. The molecule has 4 nitrogen and oxygen atoms in total. The van der Waals surface area contributed by atoms with Crippen molar-refractivity contribution < 1.29 is 4.42 Å². The molecule has 2 rings (SSSR count). The molecule has 0 aliphatic carbocycles. The van der Waals surface area contributed by atoms with Crippen LogP contribution in [-0.2, 0) is 0 Å². The van der Waals surface area contributed by atoms with E-state index in [-0.39, 0.29) is 6.04 Å². The highest BCUT2D eigenvalue weighted by molar-refractivity contribution is 9.10. The fourth-order valence-electron chi connectivity index (χ4n) is 1.68. The van der Waals surface area contributed by atoms with Crippen LogP contribution in [0.2, 0.25) is 0 Å². The van der Waals surface area contributed by atoms with Crippen molar-refractivity contribution in [3.8, 4) is 11.3 Å². The van der Waals surface area contributed by atoms with E-state index in [1.165, 1.54) is 0 Å². The first kappa shape index (κ1) is 15.7. The van der Waals surface area contributed by atoms with Crippen LogP contribution >= 0.6 is 28.1 Å². The van der Waals surface area contributed by atoms with Crippen molar-refractivity contribution >= 4 is 39.5 Å². The Balaban J connectivity index is 2.01. The largest absolute Gasteiger partial charge is 0.455 e. The Hall–Kier alpha value is -1.66. The van der Waals surface area contributed by atoms with E-state index < -0.39 is 0 Å². The van der Waals surface area contributed by atoms with Crippen molar-refractivity contribution in [3.63, 3.8) is 0 Å². The highest BCUT2D eigenvalue weighted by Crippen LogP contribution is 2.28. The van der Waals surface area contributed by atoms with Crippen molar-refractivity contribution in [2.24, 2.45) is 5.10 Å². The Bertz CT molecular complexity index is 652. The van der Waals surface area contributed by atoms with Crippen LogP contribution in [0.15, 0.2) is 50.4 Å². The molecule has 0 spiro atoms. The van der Waals surface area contributed by atoms with Crippen LogP contribution in [0.5, 0.6) is 0 Å². The summed E-state index contributed by atoms with van der Waals surface area (Å²) in [7, 11) is 0. The number of halogens is 1. The summed E-state index contributed by atoms with van der Waals surface area (Å²) >= 11 is 8.58. The van der Waals surface area contributed by atoms with Gasteiger partial charge in [0.2, 0.25) is 0 Å². The number of furan rings is 1. The third-order valence-corrected chi connectivity index (χ3v) is 3.44. The van der Waals surface area contributed by atoms with Gasteiger partial charge in [0.1, 0.15) is 11.5 Å². The zero-order valence-corrected chi connectivity index (χ0v) is 14.2. The minimum Gasteiger partial charge on any atom is -0.455 e. The summed E-state index contributed by atoms with van der Waals surface area (Å²) in [6.07, 6.45) is 1.59.